The van der Waals surface area contributed by atoms with Crippen LogP contribution >= 0.6 is 23.2 Å². The number of aromatic nitrogens is 4. The molecule has 3 aromatic rings. The predicted molar refractivity (Wildman–Crippen MR) is 70.1 cm³/mol. The number of halogens is 2. The van der Waals surface area contributed by atoms with Crippen LogP contribution in [0.2, 0.25) is 10.2 Å². The zero-order chi connectivity index (χ0) is 12.5. The first-order valence-electron chi connectivity index (χ1n) is 5.34. The van der Waals surface area contributed by atoms with Gasteiger partial charge in [-0.25, -0.2) is 0 Å². The Kier molecular flexibility index (Phi) is 2.89. The molecule has 0 spiro atoms. The zero-order valence-electron chi connectivity index (χ0n) is 9.22. The molecule has 18 heavy (non-hydrogen) atoms. The molecule has 0 bridgehead atoms. The van der Waals surface area contributed by atoms with Crippen molar-refractivity contribution in [1.82, 2.24) is 19.8 Å². The molecule has 0 amide bonds. The van der Waals surface area contributed by atoms with Crippen LogP contribution < -0.4 is 0 Å². The maximum atomic E-state index is 5.95. The number of benzene rings is 1. The van der Waals surface area contributed by atoms with Gasteiger partial charge in [0.15, 0.2) is 11.5 Å². The Morgan fingerprint density at radius 3 is 2.78 bits per heavy atom. The molecule has 2 aromatic heterocycles. The fourth-order valence-corrected chi connectivity index (χ4v) is 2.10. The third kappa shape index (κ3) is 2.17. The molecule has 1 aromatic carbocycles. The predicted octanol–water partition coefficient (Wildman–Crippen LogP) is 3.02. The van der Waals surface area contributed by atoms with Crippen LogP contribution in [0.4, 0.5) is 0 Å². The first kappa shape index (κ1) is 11.4. The Morgan fingerprint density at radius 1 is 1.06 bits per heavy atom. The summed E-state index contributed by atoms with van der Waals surface area (Å²) in [4.78, 5) is 0. The van der Waals surface area contributed by atoms with Gasteiger partial charge in [0.2, 0.25) is 0 Å². The van der Waals surface area contributed by atoms with Gasteiger partial charge in [-0.3, -0.25) is 0 Å². The van der Waals surface area contributed by atoms with Crippen LogP contribution in [-0.4, -0.2) is 19.8 Å². The van der Waals surface area contributed by atoms with Crippen LogP contribution in [0.15, 0.2) is 36.4 Å². The largest absolute Gasteiger partial charge is 0.196 e. The lowest BCUT2D eigenvalue weighted by Crippen LogP contribution is -2.00. The van der Waals surface area contributed by atoms with Crippen molar-refractivity contribution in [2.75, 3.05) is 0 Å². The standard InChI is InChI=1S/C12H8Cl2N4/c13-9-3-1-2-8(6-9)7-12-16-15-11-5-4-10(14)17-18(11)12/h1-6H,7H2. The highest BCUT2D eigenvalue weighted by molar-refractivity contribution is 6.30. The van der Waals surface area contributed by atoms with Crippen LogP contribution in [0.3, 0.4) is 0 Å². The normalized spacial score (nSPS) is 11.0. The van der Waals surface area contributed by atoms with E-state index in [1.807, 2.05) is 24.3 Å². The number of hydrogen-bond donors (Lipinski definition) is 0. The second-order valence-corrected chi connectivity index (χ2v) is 4.67. The average molecular weight is 279 g/mol. The summed E-state index contributed by atoms with van der Waals surface area (Å²) in [6.45, 7) is 0. The summed E-state index contributed by atoms with van der Waals surface area (Å²) in [6.07, 6.45) is 0.606. The molecule has 2 heterocycles. The average Bonchev–Trinajstić information content (AvgIpc) is 2.72. The summed E-state index contributed by atoms with van der Waals surface area (Å²) in [5.41, 5.74) is 1.73. The van der Waals surface area contributed by atoms with Crippen molar-refractivity contribution < 1.29 is 0 Å². The molecule has 0 radical (unpaired) electrons. The molecular weight excluding hydrogens is 271 g/mol. The summed E-state index contributed by atoms with van der Waals surface area (Å²) in [5, 5.41) is 13.4. The van der Waals surface area contributed by atoms with E-state index in [-0.39, 0.29) is 0 Å². The van der Waals surface area contributed by atoms with Gasteiger partial charge in [0.25, 0.3) is 0 Å². The van der Waals surface area contributed by atoms with Crippen LogP contribution in [0.5, 0.6) is 0 Å². The molecule has 0 aliphatic heterocycles. The molecule has 0 fully saturated rings. The van der Waals surface area contributed by atoms with Crippen molar-refractivity contribution in [1.29, 1.82) is 0 Å². The Labute approximate surface area is 113 Å². The maximum Gasteiger partial charge on any atom is 0.178 e. The fraction of sp³-hybridized carbons (Fsp3) is 0.0833. The van der Waals surface area contributed by atoms with Crippen molar-refractivity contribution in [2.24, 2.45) is 0 Å². The molecule has 6 heteroatoms. The highest BCUT2D eigenvalue weighted by atomic mass is 35.5. The van der Waals surface area contributed by atoms with E-state index in [2.05, 4.69) is 15.3 Å². The Balaban J connectivity index is 2.02. The van der Waals surface area contributed by atoms with Gasteiger partial charge in [-0.05, 0) is 29.8 Å². The van der Waals surface area contributed by atoms with Gasteiger partial charge in [0.05, 0.1) is 0 Å². The highest BCUT2D eigenvalue weighted by Gasteiger charge is 2.08. The van der Waals surface area contributed by atoms with E-state index in [4.69, 9.17) is 23.2 Å². The van der Waals surface area contributed by atoms with Gasteiger partial charge in [0.1, 0.15) is 5.15 Å². The smallest absolute Gasteiger partial charge is 0.178 e. The monoisotopic (exact) mass is 278 g/mol. The van der Waals surface area contributed by atoms with Crippen LogP contribution in [-0.2, 0) is 6.42 Å². The summed E-state index contributed by atoms with van der Waals surface area (Å²) in [6, 6.07) is 11.1. The lowest BCUT2D eigenvalue weighted by Gasteiger charge is -2.00. The van der Waals surface area contributed by atoms with E-state index in [1.54, 1.807) is 16.6 Å². The van der Waals surface area contributed by atoms with Gasteiger partial charge in [-0.1, -0.05) is 35.3 Å². The molecule has 0 saturated carbocycles. The van der Waals surface area contributed by atoms with E-state index in [0.29, 0.717) is 22.2 Å². The molecule has 4 nitrogen and oxygen atoms in total. The topological polar surface area (TPSA) is 43.1 Å². The molecule has 0 unspecified atom stereocenters. The Bertz CT molecular complexity index is 708. The number of rotatable bonds is 2. The molecule has 0 aliphatic carbocycles. The van der Waals surface area contributed by atoms with Gasteiger partial charge in [0, 0.05) is 11.4 Å². The van der Waals surface area contributed by atoms with Crippen molar-refractivity contribution in [3.63, 3.8) is 0 Å². The quantitative estimate of drug-likeness (QED) is 0.724. The van der Waals surface area contributed by atoms with Crippen LogP contribution in [0.1, 0.15) is 11.4 Å². The van der Waals surface area contributed by atoms with E-state index < -0.39 is 0 Å². The van der Waals surface area contributed by atoms with Crippen molar-refractivity contribution >= 4 is 28.8 Å². The zero-order valence-corrected chi connectivity index (χ0v) is 10.7. The SMILES string of the molecule is Clc1cccc(Cc2nnc3ccc(Cl)nn23)c1. The lowest BCUT2D eigenvalue weighted by molar-refractivity contribution is 0.838. The summed E-state index contributed by atoms with van der Waals surface area (Å²) < 4.78 is 1.64. The van der Waals surface area contributed by atoms with Crippen molar-refractivity contribution in [3.8, 4) is 0 Å². The minimum Gasteiger partial charge on any atom is -0.196 e. The highest BCUT2D eigenvalue weighted by Crippen LogP contribution is 2.15. The summed E-state index contributed by atoms with van der Waals surface area (Å²) in [5.74, 6) is 0.731. The minimum atomic E-state index is 0.412. The van der Waals surface area contributed by atoms with Crippen molar-refractivity contribution in [3.05, 3.63) is 58.0 Å². The third-order valence-electron chi connectivity index (χ3n) is 2.55. The molecule has 0 atom stereocenters. The van der Waals surface area contributed by atoms with Gasteiger partial charge < -0.3 is 0 Å². The molecule has 3 rings (SSSR count). The van der Waals surface area contributed by atoms with Crippen molar-refractivity contribution in [2.45, 2.75) is 6.42 Å². The molecule has 0 N–H and O–H groups in total. The number of fused-ring (bicyclic) bond motifs is 1. The van der Waals surface area contributed by atoms with E-state index in [0.717, 1.165) is 11.4 Å². The van der Waals surface area contributed by atoms with Gasteiger partial charge in [-0.2, -0.15) is 9.61 Å². The fourth-order valence-electron chi connectivity index (χ4n) is 1.75. The lowest BCUT2D eigenvalue weighted by atomic mass is 10.1. The van der Waals surface area contributed by atoms with E-state index >= 15 is 0 Å². The van der Waals surface area contributed by atoms with Crippen LogP contribution in [0.25, 0.3) is 5.65 Å². The number of nitrogens with zero attached hydrogens (tertiary/aromatic N) is 4. The molecular formula is C12H8Cl2N4. The number of hydrogen-bond acceptors (Lipinski definition) is 3. The Morgan fingerprint density at radius 2 is 1.94 bits per heavy atom. The minimum absolute atomic E-state index is 0.412. The molecule has 0 saturated heterocycles. The van der Waals surface area contributed by atoms with Crippen LogP contribution in [0, 0.1) is 0 Å². The second kappa shape index (κ2) is 4.55. The van der Waals surface area contributed by atoms with Gasteiger partial charge in [-0.15, -0.1) is 10.2 Å². The second-order valence-electron chi connectivity index (χ2n) is 3.85. The third-order valence-corrected chi connectivity index (χ3v) is 2.98. The maximum absolute atomic E-state index is 5.95. The van der Waals surface area contributed by atoms with E-state index in [1.165, 1.54) is 0 Å². The molecule has 0 aliphatic rings. The summed E-state index contributed by atoms with van der Waals surface area (Å²) >= 11 is 11.8. The first-order valence-corrected chi connectivity index (χ1v) is 6.09. The first-order chi connectivity index (χ1) is 8.72. The summed E-state index contributed by atoms with van der Waals surface area (Å²) in [7, 11) is 0. The van der Waals surface area contributed by atoms with E-state index in [9.17, 15) is 0 Å². The Hall–Kier alpha value is -1.65. The van der Waals surface area contributed by atoms with Gasteiger partial charge >= 0.3 is 0 Å². The molecule has 90 valence electrons.